The Bertz CT molecular complexity index is 509. The van der Waals surface area contributed by atoms with Crippen LogP contribution in [0, 0.1) is 0 Å². The van der Waals surface area contributed by atoms with Crippen molar-refractivity contribution >= 4 is 31.7 Å². The SMILES string of the molecule is CCCCC(C)=NNS(=O)(=O)c1ccc(Br)cc1. The van der Waals surface area contributed by atoms with Crippen LogP contribution in [0.1, 0.15) is 33.1 Å². The first-order chi connectivity index (χ1) is 8.45. The molecule has 1 rings (SSSR count). The second-order valence-electron chi connectivity index (χ2n) is 4.00. The normalized spacial score (nSPS) is 12.5. The highest BCUT2D eigenvalue weighted by molar-refractivity contribution is 9.10. The third-order valence-electron chi connectivity index (χ3n) is 2.37. The fraction of sp³-hybridized carbons (Fsp3) is 0.417. The van der Waals surface area contributed by atoms with Gasteiger partial charge in [-0.15, -0.1) is 0 Å². The van der Waals surface area contributed by atoms with E-state index < -0.39 is 10.0 Å². The third-order valence-corrected chi connectivity index (χ3v) is 4.13. The van der Waals surface area contributed by atoms with Crippen LogP contribution in [-0.4, -0.2) is 14.1 Å². The molecule has 1 aromatic carbocycles. The average molecular weight is 333 g/mol. The Balaban J connectivity index is 2.73. The molecule has 0 saturated carbocycles. The molecule has 0 atom stereocenters. The molecule has 0 fully saturated rings. The van der Waals surface area contributed by atoms with E-state index in [-0.39, 0.29) is 4.90 Å². The van der Waals surface area contributed by atoms with Crippen LogP contribution in [0.3, 0.4) is 0 Å². The van der Waals surface area contributed by atoms with Gasteiger partial charge in [-0.3, -0.25) is 0 Å². The summed E-state index contributed by atoms with van der Waals surface area (Å²) in [6, 6.07) is 6.43. The van der Waals surface area contributed by atoms with Crippen LogP contribution in [0.2, 0.25) is 0 Å². The molecule has 0 aliphatic heterocycles. The smallest absolute Gasteiger partial charge is 0.200 e. The maximum atomic E-state index is 11.9. The molecule has 0 aliphatic rings. The van der Waals surface area contributed by atoms with Crippen LogP contribution in [0.25, 0.3) is 0 Å². The second kappa shape index (κ2) is 6.89. The van der Waals surface area contributed by atoms with E-state index in [2.05, 4.69) is 32.8 Å². The molecule has 0 radical (unpaired) electrons. The lowest BCUT2D eigenvalue weighted by Crippen LogP contribution is -2.19. The Kier molecular flexibility index (Phi) is 5.81. The largest absolute Gasteiger partial charge is 0.276 e. The van der Waals surface area contributed by atoms with Gasteiger partial charge in [-0.05, 0) is 44.0 Å². The van der Waals surface area contributed by atoms with Gasteiger partial charge in [0.25, 0.3) is 10.0 Å². The molecule has 4 nitrogen and oxygen atoms in total. The molecular weight excluding hydrogens is 316 g/mol. The summed E-state index contributed by atoms with van der Waals surface area (Å²) in [6.07, 6.45) is 2.88. The van der Waals surface area contributed by atoms with Crippen molar-refractivity contribution < 1.29 is 8.42 Å². The zero-order valence-electron chi connectivity index (χ0n) is 10.5. The van der Waals surface area contributed by atoms with Gasteiger partial charge in [-0.2, -0.15) is 13.5 Å². The zero-order chi connectivity index (χ0) is 13.6. The molecule has 0 bridgehead atoms. The van der Waals surface area contributed by atoms with Gasteiger partial charge in [-0.25, -0.2) is 4.83 Å². The lowest BCUT2D eigenvalue weighted by Gasteiger charge is -2.05. The Hall–Kier alpha value is -0.880. The molecule has 0 spiro atoms. The first-order valence-electron chi connectivity index (χ1n) is 5.76. The van der Waals surface area contributed by atoms with Crippen molar-refractivity contribution in [3.8, 4) is 0 Å². The Morgan fingerprint density at radius 1 is 1.33 bits per heavy atom. The van der Waals surface area contributed by atoms with E-state index in [1.54, 1.807) is 12.1 Å². The minimum Gasteiger partial charge on any atom is -0.200 e. The van der Waals surface area contributed by atoms with E-state index in [1.165, 1.54) is 12.1 Å². The summed E-state index contributed by atoms with van der Waals surface area (Å²) < 4.78 is 24.6. The molecular formula is C12H17BrN2O2S. The lowest BCUT2D eigenvalue weighted by atomic mass is 10.2. The number of sulfonamides is 1. The maximum absolute atomic E-state index is 11.9. The average Bonchev–Trinajstić information content (AvgIpc) is 2.34. The predicted octanol–water partition coefficient (Wildman–Crippen LogP) is 3.29. The fourth-order valence-corrected chi connectivity index (χ4v) is 2.43. The summed E-state index contributed by atoms with van der Waals surface area (Å²) in [6.45, 7) is 3.90. The number of benzene rings is 1. The second-order valence-corrected chi connectivity index (χ2v) is 6.58. The number of halogens is 1. The Morgan fingerprint density at radius 3 is 2.50 bits per heavy atom. The van der Waals surface area contributed by atoms with Gasteiger partial charge in [0.1, 0.15) is 0 Å². The van der Waals surface area contributed by atoms with Gasteiger partial charge in [0.15, 0.2) is 0 Å². The van der Waals surface area contributed by atoms with E-state index in [0.29, 0.717) is 0 Å². The van der Waals surface area contributed by atoms with Gasteiger partial charge < -0.3 is 0 Å². The number of nitrogens with zero attached hydrogens (tertiary/aromatic N) is 1. The zero-order valence-corrected chi connectivity index (χ0v) is 12.9. The van der Waals surface area contributed by atoms with E-state index in [1.807, 2.05) is 6.92 Å². The third kappa shape index (κ3) is 4.78. The van der Waals surface area contributed by atoms with Crippen LogP contribution < -0.4 is 4.83 Å². The first-order valence-corrected chi connectivity index (χ1v) is 8.04. The van der Waals surface area contributed by atoms with Gasteiger partial charge in [0.2, 0.25) is 0 Å². The number of hydrogen-bond acceptors (Lipinski definition) is 3. The number of hydrazone groups is 1. The van der Waals surface area contributed by atoms with E-state index in [9.17, 15) is 8.42 Å². The molecule has 0 aromatic heterocycles. The topological polar surface area (TPSA) is 58.5 Å². The van der Waals surface area contributed by atoms with Crippen LogP contribution >= 0.6 is 15.9 Å². The van der Waals surface area contributed by atoms with Gasteiger partial charge >= 0.3 is 0 Å². The van der Waals surface area contributed by atoms with Crippen LogP contribution in [-0.2, 0) is 10.0 Å². The molecule has 1 aromatic rings. The molecule has 18 heavy (non-hydrogen) atoms. The number of rotatable bonds is 6. The summed E-state index contributed by atoms with van der Waals surface area (Å²) in [4.78, 5) is 2.45. The van der Waals surface area contributed by atoms with Crippen LogP contribution in [0.15, 0.2) is 38.7 Å². The minimum atomic E-state index is -3.56. The van der Waals surface area contributed by atoms with Crippen molar-refractivity contribution in [1.29, 1.82) is 0 Å². The van der Waals surface area contributed by atoms with Crippen molar-refractivity contribution in [2.24, 2.45) is 5.10 Å². The van der Waals surface area contributed by atoms with Crippen molar-refractivity contribution in [1.82, 2.24) is 4.83 Å². The standard InChI is InChI=1S/C12H17BrN2O2S/c1-3-4-5-10(2)14-15-18(16,17)12-8-6-11(13)7-9-12/h6-9,15H,3-5H2,1-2H3. The summed E-state index contributed by atoms with van der Waals surface area (Å²) in [5.74, 6) is 0. The van der Waals surface area contributed by atoms with E-state index in [4.69, 9.17) is 0 Å². The molecule has 6 heteroatoms. The molecule has 0 aliphatic carbocycles. The van der Waals surface area contributed by atoms with Crippen LogP contribution in [0.4, 0.5) is 0 Å². The molecule has 0 unspecified atom stereocenters. The number of unbranched alkanes of at least 4 members (excludes halogenated alkanes) is 1. The van der Waals surface area contributed by atoms with Gasteiger partial charge in [-0.1, -0.05) is 29.3 Å². The molecule has 0 amide bonds. The number of nitrogens with one attached hydrogen (secondary N) is 1. The van der Waals surface area contributed by atoms with Crippen molar-refractivity contribution in [2.45, 2.75) is 38.0 Å². The summed E-state index contributed by atoms with van der Waals surface area (Å²) in [5.41, 5.74) is 0.789. The lowest BCUT2D eigenvalue weighted by molar-refractivity contribution is 0.584. The molecule has 0 heterocycles. The first kappa shape index (κ1) is 15.2. The fourth-order valence-electron chi connectivity index (χ4n) is 1.29. The molecule has 0 saturated heterocycles. The molecule has 1 N–H and O–H groups in total. The maximum Gasteiger partial charge on any atom is 0.276 e. The van der Waals surface area contributed by atoms with Gasteiger partial charge in [0, 0.05) is 10.2 Å². The quantitative estimate of drug-likeness (QED) is 0.641. The summed E-state index contributed by atoms with van der Waals surface area (Å²) in [7, 11) is -3.56. The minimum absolute atomic E-state index is 0.206. The number of hydrogen-bond donors (Lipinski definition) is 1. The van der Waals surface area contributed by atoms with Gasteiger partial charge in [0.05, 0.1) is 4.90 Å². The van der Waals surface area contributed by atoms with Crippen molar-refractivity contribution in [3.05, 3.63) is 28.7 Å². The van der Waals surface area contributed by atoms with Crippen molar-refractivity contribution in [3.63, 3.8) is 0 Å². The molecule has 100 valence electrons. The highest BCUT2D eigenvalue weighted by Crippen LogP contribution is 2.14. The predicted molar refractivity (Wildman–Crippen MR) is 77.1 cm³/mol. The van der Waals surface area contributed by atoms with Crippen LogP contribution in [0.5, 0.6) is 0 Å². The van der Waals surface area contributed by atoms with E-state index >= 15 is 0 Å². The summed E-state index contributed by atoms with van der Waals surface area (Å²) >= 11 is 3.26. The Morgan fingerprint density at radius 2 is 1.94 bits per heavy atom. The summed E-state index contributed by atoms with van der Waals surface area (Å²) in [5, 5.41) is 3.90. The highest BCUT2D eigenvalue weighted by atomic mass is 79.9. The highest BCUT2D eigenvalue weighted by Gasteiger charge is 2.12. The Labute approximate surface area is 117 Å². The monoisotopic (exact) mass is 332 g/mol. The van der Waals surface area contributed by atoms with E-state index in [0.717, 1.165) is 29.4 Å². The van der Waals surface area contributed by atoms with Crippen molar-refractivity contribution in [2.75, 3.05) is 0 Å².